The summed E-state index contributed by atoms with van der Waals surface area (Å²) >= 11 is 0. The van der Waals surface area contributed by atoms with Crippen LogP contribution in [-0.2, 0) is 71.1 Å². The summed E-state index contributed by atoms with van der Waals surface area (Å²) in [6.07, 6.45) is 26.6. The third kappa shape index (κ3) is 32.3. The van der Waals surface area contributed by atoms with E-state index >= 15 is 0 Å². The van der Waals surface area contributed by atoms with Crippen LogP contribution < -0.4 is 0 Å². The van der Waals surface area contributed by atoms with Crippen LogP contribution in [-0.4, -0.2) is 125 Å². The third-order valence-electron chi connectivity index (χ3n) is 11.9. The van der Waals surface area contributed by atoms with Gasteiger partial charge in [-0.3, -0.25) is 0 Å². The lowest BCUT2D eigenvalue weighted by atomic mass is 10.1. The summed E-state index contributed by atoms with van der Waals surface area (Å²) in [5.74, 6) is -6.71. The molecule has 4 atom stereocenters. The Morgan fingerprint density at radius 3 is 1.19 bits per heavy atom. The van der Waals surface area contributed by atoms with Crippen LogP contribution in [0.4, 0.5) is 0 Å². The van der Waals surface area contributed by atoms with Gasteiger partial charge < -0.3 is 71.1 Å². The molecule has 0 aromatic heterocycles. The summed E-state index contributed by atoms with van der Waals surface area (Å²) < 4.78 is 99.4. The maximum atomic E-state index is 7.32. The third-order valence-corrected chi connectivity index (χ3v) is 11.9. The summed E-state index contributed by atoms with van der Waals surface area (Å²) in [4.78, 5) is 0. The van der Waals surface area contributed by atoms with Crippen molar-refractivity contribution in [2.45, 2.75) is 259 Å². The van der Waals surface area contributed by atoms with Crippen LogP contribution in [0.3, 0.4) is 0 Å². The number of methoxy groups -OCH3 is 3. The normalized spacial score (nSPS) is 15.2. The van der Waals surface area contributed by atoms with Crippen LogP contribution in [0.1, 0.15) is 235 Å². The molecule has 15 nitrogen and oxygen atoms in total. The van der Waals surface area contributed by atoms with Crippen molar-refractivity contribution in [1.82, 2.24) is 0 Å². The van der Waals surface area contributed by atoms with E-state index in [4.69, 9.17) is 71.1 Å². The number of hydrogen-bond acceptors (Lipinski definition) is 15. The van der Waals surface area contributed by atoms with E-state index in [1.165, 1.54) is 38.5 Å². The lowest BCUT2D eigenvalue weighted by Gasteiger charge is -2.46. The molecule has 0 bridgehead atoms. The van der Waals surface area contributed by atoms with E-state index in [0.29, 0.717) is 52.1 Å². The molecule has 0 amide bonds. The molecule has 0 saturated heterocycles. The van der Waals surface area contributed by atoms with Gasteiger partial charge in [-0.2, -0.15) is 0 Å². The molecule has 0 aliphatic heterocycles. The first-order valence-electron chi connectivity index (χ1n) is 29.2. The summed E-state index contributed by atoms with van der Waals surface area (Å²) in [5, 5.41) is 0. The molecule has 0 aliphatic carbocycles. The Morgan fingerprint density at radius 1 is 0.347 bits per heavy atom. The minimum Gasteiger partial charge on any atom is -0.460 e. The van der Waals surface area contributed by atoms with Crippen LogP contribution >= 0.6 is 0 Å². The van der Waals surface area contributed by atoms with Crippen molar-refractivity contribution in [2.75, 3.05) is 101 Å². The highest BCUT2D eigenvalue weighted by Crippen LogP contribution is 2.42. The molecule has 0 saturated carbocycles. The van der Waals surface area contributed by atoms with E-state index in [1.807, 2.05) is 13.8 Å². The van der Waals surface area contributed by atoms with Crippen molar-refractivity contribution in [2.24, 2.45) is 0 Å². The van der Waals surface area contributed by atoms with Crippen LogP contribution in [0.5, 0.6) is 0 Å². The Balaban J connectivity index is 8.65. The molecule has 0 N–H and O–H groups in total. The number of unbranched alkanes of at least 4 members (excludes halogenated alkanes) is 21. The van der Waals surface area contributed by atoms with Gasteiger partial charge in [-0.05, 0) is 51.9 Å². The Bertz CT molecular complexity index is 1170. The minimum absolute atomic E-state index is 0.0198. The zero-order chi connectivity index (χ0) is 53.1. The SMILES string of the molecule is CCCCCCCCCOC(OCCCCCCC)(OCCCCCCCC)C(OCOC)=C(OCCOC)OC(OCCC)(OCCCC)C(OCCCCC)(OCCCCCC)OCC(OC)OCC. The van der Waals surface area contributed by atoms with Gasteiger partial charge in [0.2, 0.25) is 0 Å². The average Bonchev–Trinajstić information content (AvgIpc) is 3.39. The average molecular weight is 1040 g/mol. The highest BCUT2D eigenvalue weighted by molar-refractivity contribution is 5.06. The van der Waals surface area contributed by atoms with Crippen LogP contribution in [0.15, 0.2) is 11.7 Å². The van der Waals surface area contributed by atoms with Crippen LogP contribution in [0, 0.1) is 0 Å². The van der Waals surface area contributed by atoms with E-state index in [2.05, 4.69) is 41.5 Å². The standard InChI is InChI=1S/C57H114O15/c1-12-20-26-30-32-35-40-45-66-55(64-43-38-33-28-22-14-3,65-44-39-34-31-27-21-13-2)53(63-51-59-10)54(62-49-48-58-9)72-57(67-41-18-7,70-42-25-17-6)56(68-46-36-24-16-5,69-47-37-29-23-15-4)71-50-52(60-11)61-19-8/h52H,12-51H2,1-11H3. The molecule has 4 unspecified atom stereocenters. The molecule has 72 heavy (non-hydrogen) atoms. The fraction of sp³-hybridized carbons (Fsp3) is 0.965. The molecular weight excluding hydrogens is 925 g/mol. The first-order chi connectivity index (χ1) is 35.3. The molecule has 0 aromatic carbocycles. The van der Waals surface area contributed by atoms with Gasteiger partial charge in [0, 0.05) is 27.9 Å². The topological polar surface area (TPSA) is 138 Å². The van der Waals surface area contributed by atoms with E-state index in [9.17, 15) is 0 Å². The van der Waals surface area contributed by atoms with Gasteiger partial charge in [-0.15, -0.1) is 0 Å². The zero-order valence-electron chi connectivity index (χ0n) is 48.5. The summed E-state index contributed by atoms with van der Waals surface area (Å²) in [6, 6.07) is 0. The predicted molar refractivity (Wildman–Crippen MR) is 286 cm³/mol. The van der Waals surface area contributed by atoms with Crippen molar-refractivity contribution in [3.63, 3.8) is 0 Å². The first-order valence-corrected chi connectivity index (χ1v) is 29.2. The van der Waals surface area contributed by atoms with Crippen molar-refractivity contribution in [3.05, 3.63) is 11.7 Å². The highest BCUT2D eigenvalue weighted by atomic mass is 17.0. The molecule has 15 heteroatoms. The second-order valence-electron chi connectivity index (χ2n) is 18.6. The second-order valence-corrected chi connectivity index (χ2v) is 18.6. The van der Waals surface area contributed by atoms with E-state index in [0.717, 1.165) is 116 Å². The maximum Gasteiger partial charge on any atom is 0.417 e. The van der Waals surface area contributed by atoms with Gasteiger partial charge in [0.25, 0.3) is 5.76 Å². The minimum atomic E-state index is -2.31. The largest absolute Gasteiger partial charge is 0.460 e. The van der Waals surface area contributed by atoms with Gasteiger partial charge in [-0.25, -0.2) is 0 Å². The first kappa shape index (κ1) is 70.7. The molecule has 432 valence electrons. The van der Waals surface area contributed by atoms with E-state index in [-0.39, 0.29) is 64.7 Å². The van der Waals surface area contributed by atoms with Gasteiger partial charge in [0.1, 0.15) is 13.2 Å². The quantitative estimate of drug-likeness (QED) is 0.0324. The Morgan fingerprint density at radius 2 is 0.750 bits per heavy atom. The highest BCUT2D eigenvalue weighted by Gasteiger charge is 2.64. The number of rotatable bonds is 59. The monoisotopic (exact) mass is 1040 g/mol. The maximum absolute atomic E-state index is 7.32. The van der Waals surface area contributed by atoms with Crippen molar-refractivity contribution in [3.8, 4) is 0 Å². The molecule has 0 aromatic rings. The van der Waals surface area contributed by atoms with Crippen LogP contribution in [0.2, 0.25) is 0 Å². The lowest BCUT2D eigenvalue weighted by molar-refractivity contribution is -0.562. The predicted octanol–water partition coefficient (Wildman–Crippen LogP) is 14.6. The molecular formula is C57H114O15. The van der Waals surface area contributed by atoms with Gasteiger partial charge >= 0.3 is 23.9 Å². The summed E-state index contributed by atoms with van der Waals surface area (Å²) in [6.45, 7) is 18.9. The second kappa shape index (κ2) is 50.5. The Kier molecular flexibility index (Phi) is 49.5. The van der Waals surface area contributed by atoms with Crippen molar-refractivity contribution >= 4 is 0 Å². The zero-order valence-corrected chi connectivity index (χ0v) is 48.5. The van der Waals surface area contributed by atoms with E-state index in [1.54, 1.807) is 21.3 Å². The lowest BCUT2D eigenvalue weighted by Crippen LogP contribution is -2.65. The smallest absolute Gasteiger partial charge is 0.417 e. The van der Waals surface area contributed by atoms with Gasteiger partial charge in [-0.1, -0.05) is 183 Å². The fourth-order valence-electron chi connectivity index (χ4n) is 7.62. The molecule has 0 radical (unpaired) electrons. The molecule has 0 rings (SSSR count). The van der Waals surface area contributed by atoms with Gasteiger partial charge in [0.15, 0.2) is 13.1 Å². The van der Waals surface area contributed by atoms with E-state index < -0.39 is 24.2 Å². The van der Waals surface area contributed by atoms with Gasteiger partial charge in [0.05, 0.1) is 52.9 Å². The molecule has 0 fully saturated rings. The van der Waals surface area contributed by atoms with Crippen LogP contribution in [0.25, 0.3) is 0 Å². The van der Waals surface area contributed by atoms with Crippen molar-refractivity contribution < 1.29 is 71.1 Å². The number of ether oxygens (including phenoxy) is 15. The molecule has 0 heterocycles. The molecule has 0 aliphatic rings. The summed E-state index contributed by atoms with van der Waals surface area (Å²) in [7, 11) is 4.73. The fourth-order valence-corrected chi connectivity index (χ4v) is 7.62. The Hall–Kier alpha value is -1.34. The number of hydrogen-bond donors (Lipinski definition) is 0. The van der Waals surface area contributed by atoms with Crippen molar-refractivity contribution in [1.29, 1.82) is 0 Å². The Labute approximate surface area is 441 Å². The molecule has 0 spiro atoms. The summed E-state index contributed by atoms with van der Waals surface area (Å²) in [5.41, 5.74) is 0.